The normalized spacial score (nSPS) is 20.1. The van der Waals surface area contributed by atoms with Crippen molar-refractivity contribution < 1.29 is 18.5 Å². The van der Waals surface area contributed by atoms with E-state index >= 15 is 0 Å². The summed E-state index contributed by atoms with van der Waals surface area (Å²) < 4.78 is 31.2. The lowest BCUT2D eigenvalue weighted by Gasteiger charge is -2.17. The first-order valence-corrected chi connectivity index (χ1v) is 5.55. The van der Waals surface area contributed by atoms with E-state index in [9.17, 15) is 13.8 Å². The molecule has 0 radical (unpaired) electrons. The summed E-state index contributed by atoms with van der Waals surface area (Å²) in [6.07, 6.45) is 0.431. The minimum absolute atomic E-state index is 0.0101. The Kier molecular flexibility index (Phi) is 3.76. The Bertz CT molecular complexity index is 379. The molecule has 1 fully saturated rings. The largest absolute Gasteiger partial charge is 0.437 e. The number of benzene rings is 1. The van der Waals surface area contributed by atoms with E-state index in [0.717, 1.165) is 6.07 Å². The standard InChI is InChI=1S/C11H14BF2NO2/c1-12(16)15-10(11-6-17-11)4-7-2-8(13)5-9(14)3-7/h2-3,5,10-11,15-16H,4,6H2,1H3/t10-,11+/m0/s1. The SMILES string of the molecule is CB(O)N[C@@H](Cc1cc(F)cc(F)c1)[C@H]1CO1. The predicted octanol–water partition coefficient (Wildman–Crippen LogP) is 0.975. The van der Waals surface area contributed by atoms with Crippen LogP contribution in [0.3, 0.4) is 0 Å². The van der Waals surface area contributed by atoms with Crippen LogP contribution >= 0.6 is 0 Å². The van der Waals surface area contributed by atoms with Gasteiger partial charge in [-0.15, -0.1) is 0 Å². The van der Waals surface area contributed by atoms with Crippen LogP contribution in [0.25, 0.3) is 0 Å². The number of nitrogens with one attached hydrogen (secondary N) is 1. The zero-order valence-electron chi connectivity index (χ0n) is 9.49. The zero-order valence-corrected chi connectivity index (χ0v) is 9.49. The van der Waals surface area contributed by atoms with Crippen LogP contribution in [0.4, 0.5) is 8.78 Å². The van der Waals surface area contributed by atoms with E-state index in [1.54, 1.807) is 6.82 Å². The van der Waals surface area contributed by atoms with Crippen LogP contribution in [0.15, 0.2) is 18.2 Å². The molecular formula is C11H14BF2NO2. The van der Waals surface area contributed by atoms with E-state index in [0.29, 0.717) is 18.6 Å². The van der Waals surface area contributed by atoms with Gasteiger partial charge in [-0.1, -0.05) is 0 Å². The van der Waals surface area contributed by atoms with Crippen molar-refractivity contribution in [3.8, 4) is 0 Å². The fraction of sp³-hybridized carbons (Fsp3) is 0.455. The Morgan fingerprint density at radius 1 is 1.47 bits per heavy atom. The first-order chi connectivity index (χ1) is 8.04. The summed E-state index contributed by atoms with van der Waals surface area (Å²) in [5, 5.41) is 12.2. The molecule has 0 unspecified atom stereocenters. The average molecular weight is 241 g/mol. The van der Waals surface area contributed by atoms with Gasteiger partial charge in [-0.3, -0.25) is 0 Å². The molecule has 2 N–H and O–H groups in total. The van der Waals surface area contributed by atoms with Crippen molar-refractivity contribution in [2.24, 2.45) is 0 Å². The maximum Gasteiger partial charge on any atom is 0.373 e. The molecule has 1 saturated heterocycles. The quantitative estimate of drug-likeness (QED) is 0.596. The minimum atomic E-state index is -0.678. The second-order valence-corrected chi connectivity index (χ2v) is 4.30. The molecule has 2 rings (SSSR count). The molecule has 17 heavy (non-hydrogen) atoms. The molecular weight excluding hydrogens is 227 g/mol. The summed E-state index contributed by atoms with van der Waals surface area (Å²) in [4.78, 5) is 0. The van der Waals surface area contributed by atoms with Crippen LogP contribution in [0.2, 0.25) is 6.82 Å². The number of hydrogen-bond donors (Lipinski definition) is 2. The molecule has 1 heterocycles. The van der Waals surface area contributed by atoms with Gasteiger partial charge in [0, 0.05) is 12.1 Å². The first kappa shape index (κ1) is 12.5. The topological polar surface area (TPSA) is 44.8 Å². The Morgan fingerprint density at radius 3 is 2.53 bits per heavy atom. The summed E-state index contributed by atoms with van der Waals surface area (Å²) >= 11 is 0. The Hall–Kier alpha value is -0.975. The van der Waals surface area contributed by atoms with Crippen LogP contribution in [0.5, 0.6) is 0 Å². The molecule has 6 heteroatoms. The monoisotopic (exact) mass is 241 g/mol. The Balaban J connectivity index is 2.05. The molecule has 0 spiro atoms. The molecule has 2 atom stereocenters. The second kappa shape index (κ2) is 5.12. The van der Waals surface area contributed by atoms with Gasteiger partial charge in [0.05, 0.1) is 12.7 Å². The first-order valence-electron chi connectivity index (χ1n) is 5.55. The van der Waals surface area contributed by atoms with Crippen molar-refractivity contribution in [1.29, 1.82) is 0 Å². The van der Waals surface area contributed by atoms with E-state index in [1.165, 1.54) is 12.1 Å². The second-order valence-electron chi connectivity index (χ2n) is 4.30. The highest BCUT2D eigenvalue weighted by molar-refractivity contribution is 6.45. The van der Waals surface area contributed by atoms with Crippen LogP contribution in [-0.2, 0) is 11.2 Å². The van der Waals surface area contributed by atoms with E-state index in [4.69, 9.17) is 4.74 Å². The predicted molar refractivity (Wildman–Crippen MR) is 60.6 cm³/mol. The molecule has 0 bridgehead atoms. The van der Waals surface area contributed by atoms with Gasteiger partial charge < -0.3 is 15.0 Å². The maximum absolute atomic E-state index is 13.0. The molecule has 1 aromatic rings. The number of rotatable bonds is 5. The van der Waals surface area contributed by atoms with E-state index in [2.05, 4.69) is 5.23 Å². The van der Waals surface area contributed by atoms with Crippen molar-refractivity contribution in [1.82, 2.24) is 5.23 Å². The van der Waals surface area contributed by atoms with Crippen molar-refractivity contribution in [2.45, 2.75) is 25.4 Å². The molecule has 0 amide bonds. The van der Waals surface area contributed by atoms with E-state index in [1.807, 2.05) is 0 Å². The molecule has 1 aliphatic heterocycles. The van der Waals surface area contributed by atoms with Crippen LogP contribution < -0.4 is 5.23 Å². The van der Waals surface area contributed by atoms with Gasteiger partial charge in [0.2, 0.25) is 0 Å². The van der Waals surface area contributed by atoms with Gasteiger partial charge in [-0.05, 0) is 30.9 Å². The highest BCUT2D eigenvalue weighted by Crippen LogP contribution is 2.19. The fourth-order valence-electron chi connectivity index (χ4n) is 1.88. The molecule has 0 aliphatic carbocycles. The highest BCUT2D eigenvalue weighted by Gasteiger charge is 2.33. The highest BCUT2D eigenvalue weighted by atomic mass is 19.1. The smallest absolute Gasteiger partial charge is 0.373 e. The third-order valence-electron chi connectivity index (χ3n) is 2.64. The summed E-state index contributed by atoms with van der Waals surface area (Å²) in [7, 11) is -0.678. The summed E-state index contributed by atoms with van der Waals surface area (Å²) in [6.45, 7) is 2.21. The maximum atomic E-state index is 13.0. The Labute approximate surface area is 98.9 Å². The summed E-state index contributed by atoms with van der Waals surface area (Å²) in [5.74, 6) is -1.18. The average Bonchev–Trinajstić information content (AvgIpc) is 2.96. The number of halogens is 2. The lowest BCUT2D eigenvalue weighted by Crippen LogP contribution is -2.44. The van der Waals surface area contributed by atoms with Crippen molar-refractivity contribution in [3.63, 3.8) is 0 Å². The minimum Gasteiger partial charge on any atom is -0.437 e. The summed E-state index contributed by atoms with van der Waals surface area (Å²) in [6, 6.07) is 3.30. The molecule has 0 saturated carbocycles. The lowest BCUT2D eigenvalue weighted by molar-refractivity contribution is 0.352. The van der Waals surface area contributed by atoms with Gasteiger partial charge in [-0.25, -0.2) is 8.78 Å². The van der Waals surface area contributed by atoms with Crippen molar-refractivity contribution in [3.05, 3.63) is 35.4 Å². The van der Waals surface area contributed by atoms with Gasteiger partial charge >= 0.3 is 7.05 Å². The molecule has 0 aromatic heterocycles. The molecule has 1 aromatic carbocycles. The Morgan fingerprint density at radius 2 is 2.06 bits per heavy atom. The van der Waals surface area contributed by atoms with Gasteiger partial charge in [0.25, 0.3) is 0 Å². The zero-order chi connectivity index (χ0) is 12.4. The van der Waals surface area contributed by atoms with E-state index < -0.39 is 18.7 Å². The number of ether oxygens (including phenoxy) is 1. The van der Waals surface area contributed by atoms with Crippen LogP contribution in [0, 0.1) is 11.6 Å². The summed E-state index contributed by atoms with van der Waals surface area (Å²) in [5.41, 5.74) is 0.552. The lowest BCUT2D eigenvalue weighted by atomic mass is 9.85. The van der Waals surface area contributed by atoms with Crippen LogP contribution in [0.1, 0.15) is 5.56 Å². The van der Waals surface area contributed by atoms with Gasteiger partial charge in [0.1, 0.15) is 11.6 Å². The third-order valence-corrected chi connectivity index (χ3v) is 2.64. The fourth-order valence-corrected chi connectivity index (χ4v) is 1.88. The van der Waals surface area contributed by atoms with E-state index in [-0.39, 0.29) is 12.1 Å². The van der Waals surface area contributed by atoms with Gasteiger partial charge in [-0.2, -0.15) is 0 Å². The van der Waals surface area contributed by atoms with Crippen molar-refractivity contribution in [2.75, 3.05) is 6.61 Å². The van der Waals surface area contributed by atoms with Gasteiger partial charge in [0.15, 0.2) is 0 Å². The third kappa shape index (κ3) is 3.76. The molecule has 3 nitrogen and oxygen atoms in total. The van der Waals surface area contributed by atoms with Crippen molar-refractivity contribution >= 4 is 7.05 Å². The number of hydrogen-bond acceptors (Lipinski definition) is 3. The number of epoxide rings is 1. The molecule has 1 aliphatic rings. The molecule has 92 valence electrons. The van der Waals surface area contributed by atoms with Crippen LogP contribution in [-0.4, -0.2) is 30.8 Å².